The Morgan fingerprint density at radius 1 is 0.714 bits per heavy atom. The second kappa shape index (κ2) is 14.7. The molecule has 0 saturated heterocycles. The van der Waals surface area contributed by atoms with Gasteiger partial charge in [0.2, 0.25) is 0 Å². The first-order valence-electron chi connectivity index (χ1n) is 10.0. The van der Waals surface area contributed by atoms with E-state index in [1.54, 1.807) is 13.8 Å². The first-order valence-corrected chi connectivity index (χ1v) is 12.3. The molecule has 0 spiro atoms. The Morgan fingerprint density at radius 3 is 1.39 bits per heavy atom. The Bertz CT molecular complexity index is 590. The highest BCUT2D eigenvalue weighted by molar-refractivity contribution is 7.98. The number of Topliss-reactive ketones (excluding diaryl/α,β-unsaturated/α-hetero) is 2. The van der Waals surface area contributed by atoms with Crippen LogP contribution in [0.3, 0.4) is 0 Å². The van der Waals surface area contributed by atoms with Crippen LogP contribution in [0.15, 0.2) is 48.6 Å². The molecular formula is C24H34O2S2. The van der Waals surface area contributed by atoms with Crippen LogP contribution in [0.1, 0.15) is 63.5 Å². The van der Waals surface area contributed by atoms with Crippen LogP contribution < -0.4 is 0 Å². The van der Waals surface area contributed by atoms with Crippen molar-refractivity contribution in [3.8, 4) is 0 Å². The normalized spacial score (nSPS) is 10.6. The van der Waals surface area contributed by atoms with E-state index in [0.717, 1.165) is 48.7 Å². The van der Waals surface area contributed by atoms with Crippen molar-refractivity contribution in [1.82, 2.24) is 0 Å². The zero-order valence-corrected chi connectivity index (χ0v) is 19.1. The van der Waals surface area contributed by atoms with Crippen LogP contribution in [0.4, 0.5) is 0 Å². The molecule has 0 aromatic heterocycles. The van der Waals surface area contributed by atoms with Gasteiger partial charge in [0.25, 0.3) is 0 Å². The summed E-state index contributed by atoms with van der Waals surface area (Å²) < 4.78 is 0. The van der Waals surface area contributed by atoms with Crippen molar-refractivity contribution in [2.24, 2.45) is 0 Å². The third-order valence-corrected chi connectivity index (χ3v) is 6.63. The Balaban J connectivity index is 2.09. The van der Waals surface area contributed by atoms with E-state index < -0.39 is 0 Å². The quantitative estimate of drug-likeness (QED) is 0.219. The molecule has 0 saturated carbocycles. The maximum atomic E-state index is 11.5. The second-order valence-electron chi connectivity index (χ2n) is 7.24. The Hall–Kier alpha value is -1.26. The van der Waals surface area contributed by atoms with Crippen molar-refractivity contribution in [1.29, 1.82) is 0 Å². The average molecular weight is 419 g/mol. The van der Waals surface area contributed by atoms with Crippen LogP contribution in [-0.2, 0) is 21.1 Å². The molecule has 0 N–H and O–H groups in total. The lowest BCUT2D eigenvalue weighted by atomic mass is 10.1. The predicted molar refractivity (Wildman–Crippen MR) is 126 cm³/mol. The highest BCUT2D eigenvalue weighted by Gasteiger charge is 2.03. The summed E-state index contributed by atoms with van der Waals surface area (Å²) in [5.74, 6) is 4.62. The van der Waals surface area contributed by atoms with Crippen LogP contribution in [0.5, 0.6) is 0 Å². The minimum atomic E-state index is 0.193. The van der Waals surface area contributed by atoms with Gasteiger partial charge in [-0.15, -0.1) is 0 Å². The third kappa shape index (κ3) is 11.6. The van der Waals surface area contributed by atoms with Gasteiger partial charge in [-0.2, -0.15) is 23.5 Å². The number of rotatable bonds is 16. The van der Waals surface area contributed by atoms with Gasteiger partial charge in [-0.05, 0) is 73.3 Å². The summed E-state index contributed by atoms with van der Waals surface area (Å²) in [7, 11) is 0. The van der Waals surface area contributed by atoms with Crippen molar-refractivity contribution in [2.45, 2.75) is 63.9 Å². The lowest BCUT2D eigenvalue weighted by molar-refractivity contribution is -0.116. The highest BCUT2D eigenvalue weighted by atomic mass is 32.2. The molecule has 0 aliphatic heterocycles. The van der Waals surface area contributed by atoms with Gasteiger partial charge in [-0.1, -0.05) is 37.4 Å². The van der Waals surface area contributed by atoms with Gasteiger partial charge in [0.15, 0.2) is 11.6 Å². The molecule has 0 aliphatic rings. The molecule has 1 aromatic carbocycles. The summed E-state index contributed by atoms with van der Waals surface area (Å²) in [5, 5.41) is 0. The second-order valence-corrected chi connectivity index (χ2v) is 9.45. The molecule has 0 atom stereocenters. The van der Waals surface area contributed by atoms with Gasteiger partial charge in [0, 0.05) is 24.3 Å². The smallest absolute Gasteiger partial charge is 0.157 e. The van der Waals surface area contributed by atoms with Crippen molar-refractivity contribution in [2.75, 3.05) is 11.5 Å². The third-order valence-electron chi connectivity index (χ3n) is 4.40. The molecule has 28 heavy (non-hydrogen) atoms. The van der Waals surface area contributed by atoms with Gasteiger partial charge in [0.05, 0.1) is 0 Å². The SMILES string of the molecule is C=C(C)C(=O)CCCCSCc1ccc(CSCCCCC(=O)C(=C)C)cc1. The first kappa shape index (κ1) is 24.8. The number of carbonyl (C=O) groups excluding carboxylic acids is 2. The molecule has 154 valence electrons. The number of hydrogen-bond acceptors (Lipinski definition) is 4. The molecule has 0 heterocycles. The Kier molecular flexibility index (Phi) is 13.0. The summed E-state index contributed by atoms with van der Waals surface area (Å²) in [6, 6.07) is 8.88. The van der Waals surface area contributed by atoms with Gasteiger partial charge < -0.3 is 0 Å². The topological polar surface area (TPSA) is 34.1 Å². The van der Waals surface area contributed by atoms with Crippen molar-refractivity contribution >= 4 is 35.1 Å². The molecule has 2 nitrogen and oxygen atoms in total. The van der Waals surface area contributed by atoms with E-state index >= 15 is 0 Å². The lowest BCUT2D eigenvalue weighted by Gasteiger charge is -2.05. The fraction of sp³-hybridized carbons (Fsp3) is 0.500. The van der Waals surface area contributed by atoms with Crippen molar-refractivity contribution in [3.05, 3.63) is 59.7 Å². The van der Waals surface area contributed by atoms with Gasteiger partial charge in [-0.25, -0.2) is 0 Å². The van der Waals surface area contributed by atoms with E-state index in [9.17, 15) is 9.59 Å². The van der Waals surface area contributed by atoms with E-state index in [1.807, 2.05) is 23.5 Å². The summed E-state index contributed by atoms with van der Waals surface area (Å²) in [6.07, 6.45) is 5.33. The summed E-state index contributed by atoms with van der Waals surface area (Å²) in [6.45, 7) is 10.9. The zero-order chi connectivity index (χ0) is 20.8. The predicted octanol–water partition coefficient (Wildman–Crippen LogP) is 6.78. The van der Waals surface area contributed by atoms with E-state index in [4.69, 9.17) is 0 Å². The molecule has 4 heteroatoms. The van der Waals surface area contributed by atoms with Crippen LogP contribution in [-0.4, -0.2) is 23.1 Å². The molecule has 0 bridgehead atoms. The molecule has 0 amide bonds. The number of carbonyl (C=O) groups is 2. The van der Waals surface area contributed by atoms with Gasteiger partial charge in [0.1, 0.15) is 0 Å². The summed E-state index contributed by atoms with van der Waals surface area (Å²) in [4.78, 5) is 23.0. The van der Waals surface area contributed by atoms with Crippen molar-refractivity contribution < 1.29 is 9.59 Å². The zero-order valence-electron chi connectivity index (χ0n) is 17.4. The largest absolute Gasteiger partial charge is 0.295 e. The molecule has 0 fully saturated rings. The van der Waals surface area contributed by atoms with Crippen LogP contribution in [0.2, 0.25) is 0 Å². The van der Waals surface area contributed by atoms with E-state index in [-0.39, 0.29) is 11.6 Å². The average Bonchev–Trinajstić information content (AvgIpc) is 2.67. The number of hydrogen-bond donors (Lipinski definition) is 0. The molecule has 0 radical (unpaired) electrons. The molecule has 1 aromatic rings. The van der Waals surface area contributed by atoms with Crippen molar-refractivity contribution in [3.63, 3.8) is 0 Å². The maximum absolute atomic E-state index is 11.5. The van der Waals surface area contributed by atoms with E-state index in [2.05, 4.69) is 37.4 Å². The molecule has 1 rings (SSSR count). The Labute approximate surface area is 179 Å². The van der Waals surface area contributed by atoms with E-state index in [0.29, 0.717) is 24.0 Å². The first-order chi connectivity index (χ1) is 13.4. The monoisotopic (exact) mass is 418 g/mol. The maximum Gasteiger partial charge on any atom is 0.157 e. The number of allylic oxidation sites excluding steroid dienone is 2. The summed E-state index contributed by atoms with van der Waals surface area (Å²) >= 11 is 3.86. The van der Waals surface area contributed by atoms with Crippen LogP contribution in [0, 0.1) is 0 Å². The molecule has 0 unspecified atom stereocenters. The van der Waals surface area contributed by atoms with Gasteiger partial charge in [-0.3, -0.25) is 9.59 Å². The standard InChI is InChI=1S/C24H34O2S2/c1-19(2)23(25)9-5-7-15-27-17-21-11-13-22(14-12-21)18-28-16-8-6-10-24(26)20(3)4/h11-14H,1,3,5-10,15-18H2,2,4H3. The lowest BCUT2D eigenvalue weighted by Crippen LogP contribution is -1.98. The fourth-order valence-electron chi connectivity index (χ4n) is 2.52. The van der Waals surface area contributed by atoms with Crippen LogP contribution in [0.25, 0.3) is 0 Å². The minimum absolute atomic E-state index is 0.193. The number of thioether (sulfide) groups is 2. The molecular weight excluding hydrogens is 384 g/mol. The number of ketones is 2. The highest BCUT2D eigenvalue weighted by Crippen LogP contribution is 2.19. The minimum Gasteiger partial charge on any atom is -0.295 e. The molecule has 0 aliphatic carbocycles. The Morgan fingerprint density at radius 2 is 1.07 bits per heavy atom. The van der Waals surface area contributed by atoms with Crippen LogP contribution >= 0.6 is 23.5 Å². The summed E-state index contributed by atoms with van der Waals surface area (Å²) in [5.41, 5.74) is 4.05. The van der Waals surface area contributed by atoms with E-state index in [1.165, 1.54) is 11.1 Å². The number of unbranched alkanes of at least 4 members (excludes halogenated alkanes) is 2. The number of benzene rings is 1. The fourth-order valence-corrected chi connectivity index (χ4v) is 4.48. The van der Waals surface area contributed by atoms with Gasteiger partial charge >= 0.3 is 0 Å².